The molecule has 0 spiro atoms. The highest BCUT2D eigenvalue weighted by Crippen LogP contribution is 2.16. The van der Waals surface area contributed by atoms with Crippen LogP contribution in [-0.2, 0) is 6.42 Å². The quantitative estimate of drug-likeness (QED) is 0.751. The fourth-order valence-electron chi connectivity index (χ4n) is 1.80. The summed E-state index contributed by atoms with van der Waals surface area (Å²) in [6.45, 7) is 2.48. The molecule has 0 fully saturated rings. The number of nitrogens with one attached hydrogen (secondary N) is 3. The largest absolute Gasteiger partial charge is 0.387 e. The van der Waals surface area contributed by atoms with Crippen molar-refractivity contribution in [2.45, 2.75) is 13.3 Å². The first-order chi connectivity index (χ1) is 9.20. The van der Waals surface area contributed by atoms with Crippen LogP contribution >= 0.6 is 0 Å². The number of aryl methyl sites for hydroxylation is 1. The number of amides is 1. The Bertz CT molecular complexity index is 550. The number of benzene rings is 1. The Kier molecular flexibility index (Phi) is 4.12. The number of aromatic amines is 1. The molecule has 6 heteroatoms. The molecule has 0 bridgehead atoms. The number of anilines is 1. The predicted molar refractivity (Wildman–Crippen MR) is 73.1 cm³/mol. The molecule has 0 aliphatic rings. The average molecular weight is 259 g/mol. The van der Waals surface area contributed by atoms with E-state index in [4.69, 9.17) is 0 Å². The van der Waals surface area contributed by atoms with Crippen LogP contribution in [0.15, 0.2) is 24.5 Å². The first-order valence-electron chi connectivity index (χ1n) is 6.11. The molecule has 1 heterocycles. The van der Waals surface area contributed by atoms with E-state index in [1.165, 1.54) is 6.33 Å². The maximum Gasteiger partial charge on any atom is 0.253 e. The summed E-state index contributed by atoms with van der Waals surface area (Å²) >= 11 is 0. The Balaban J connectivity index is 1.97. The summed E-state index contributed by atoms with van der Waals surface area (Å²) in [5, 5.41) is 12.4. The first-order valence-corrected chi connectivity index (χ1v) is 6.11. The zero-order chi connectivity index (χ0) is 13.7. The lowest BCUT2D eigenvalue weighted by Crippen LogP contribution is -2.26. The van der Waals surface area contributed by atoms with E-state index in [0.717, 1.165) is 17.1 Å². The van der Waals surface area contributed by atoms with Gasteiger partial charge in [0.15, 0.2) is 0 Å². The topological polar surface area (TPSA) is 82.7 Å². The van der Waals surface area contributed by atoms with E-state index in [-0.39, 0.29) is 5.91 Å². The standard InChI is InChI=1S/C13H17N5O/c1-9-3-4-11(14-2)10(7-9)13(19)15-6-5-12-16-8-17-18-12/h3-4,7-8,14H,5-6H2,1-2H3,(H,15,19)(H,16,17,18). The van der Waals surface area contributed by atoms with Gasteiger partial charge in [-0.2, -0.15) is 5.10 Å². The van der Waals surface area contributed by atoms with E-state index in [0.29, 0.717) is 18.5 Å². The Hall–Kier alpha value is -2.37. The zero-order valence-electron chi connectivity index (χ0n) is 11.0. The second kappa shape index (κ2) is 5.99. The highest BCUT2D eigenvalue weighted by molar-refractivity contribution is 5.99. The third kappa shape index (κ3) is 3.31. The summed E-state index contributed by atoms with van der Waals surface area (Å²) in [5.74, 6) is 0.672. The van der Waals surface area contributed by atoms with Crippen molar-refractivity contribution < 1.29 is 4.79 Å². The van der Waals surface area contributed by atoms with Gasteiger partial charge in [0.05, 0.1) is 5.56 Å². The minimum absolute atomic E-state index is 0.0902. The number of nitrogens with zero attached hydrogens (tertiary/aromatic N) is 2. The van der Waals surface area contributed by atoms with Gasteiger partial charge in [-0.05, 0) is 19.1 Å². The molecule has 0 saturated heterocycles. The molecule has 0 atom stereocenters. The normalized spacial score (nSPS) is 10.2. The fourth-order valence-corrected chi connectivity index (χ4v) is 1.80. The Labute approximate surface area is 111 Å². The maximum atomic E-state index is 12.1. The Morgan fingerprint density at radius 3 is 2.95 bits per heavy atom. The summed E-state index contributed by atoms with van der Waals surface area (Å²) in [6.07, 6.45) is 2.09. The van der Waals surface area contributed by atoms with Crippen LogP contribution in [0.5, 0.6) is 0 Å². The number of rotatable bonds is 5. The molecule has 1 aromatic heterocycles. The molecule has 1 aromatic carbocycles. The van der Waals surface area contributed by atoms with Crippen molar-refractivity contribution in [3.63, 3.8) is 0 Å². The molecule has 19 heavy (non-hydrogen) atoms. The van der Waals surface area contributed by atoms with Gasteiger partial charge in [0.1, 0.15) is 12.2 Å². The number of H-pyrrole nitrogens is 1. The molecule has 0 unspecified atom stereocenters. The van der Waals surface area contributed by atoms with Gasteiger partial charge < -0.3 is 10.6 Å². The third-order valence-electron chi connectivity index (χ3n) is 2.80. The second-order valence-electron chi connectivity index (χ2n) is 4.24. The van der Waals surface area contributed by atoms with Gasteiger partial charge in [0, 0.05) is 25.7 Å². The van der Waals surface area contributed by atoms with E-state index in [1.54, 1.807) is 7.05 Å². The van der Waals surface area contributed by atoms with E-state index in [2.05, 4.69) is 25.8 Å². The molecule has 0 saturated carbocycles. The first kappa shape index (κ1) is 13.1. The highest BCUT2D eigenvalue weighted by Gasteiger charge is 2.10. The third-order valence-corrected chi connectivity index (χ3v) is 2.80. The van der Waals surface area contributed by atoms with Crippen molar-refractivity contribution >= 4 is 11.6 Å². The molecule has 1 amide bonds. The van der Waals surface area contributed by atoms with Gasteiger partial charge in [-0.25, -0.2) is 4.98 Å². The molecular formula is C13H17N5O. The minimum atomic E-state index is -0.0902. The molecular weight excluding hydrogens is 242 g/mol. The monoisotopic (exact) mass is 259 g/mol. The van der Waals surface area contributed by atoms with Gasteiger partial charge >= 0.3 is 0 Å². The van der Waals surface area contributed by atoms with Crippen LogP contribution in [0.1, 0.15) is 21.7 Å². The van der Waals surface area contributed by atoms with E-state index in [9.17, 15) is 4.79 Å². The summed E-state index contributed by atoms with van der Waals surface area (Å²) in [7, 11) is 1.80. The smallest absolute Gasteiger partial charge is 0.253 e. The van der Waals surface area contributed by atoms with Gasteiger partial charge in [-0.3, -0.25) is 9.89 Å². The number of hydrogen-bond donors (Lipinski definition) is 3. The minimum Gasteiger partial charge on any atom is -0.387 e. The van der Waals surface area contributed by atoms with Crippen LogP contribution in [0, 0.1) is 6.92 Å². The molecule has 2 aromatic rings. The van der Waals surface area contributed by atoms with Crippen molar-refractivity contribution in [2.75, 3.05) is 18.9 Å². The number of aromatic nitrogens is 3. The second-order valence-corrected chi connectivity index (χ2v) is 4.24. The van der Waals surface area contributed by atoms with E-state index >= 15 is 0 Å². The van der Waals surface area contributed by atoms with Gasteiger partial charge in [-0.1, -0.05) is 11.6 Å². The summed E-state index contributed by atoms with van der Waals surface area (Å²) in [5.41, 5.74) is 2.53. The van der Waals surface area contributed by atoms with Crippen molar-refractivity contribution in [2.24, 2.45) is 0 Å². The van der Waals surface area contributed by atoms with Crippen molar-refractivity contribution in [1.29, 1.82) is 0 Å². The van der Waals surface area contributed by atoms with E-state index in [1.807, 2.05) is 25.1 Å². The molecule has 0 aliphatic heterocycles. The van der Waals surface area contributed by atoms with Crippen LogP contribution in [0.3, 0.4) is 0 Å². The molecule has 100 valence electrons. The predicted octanol–water partition coefficient (Wildman–Crippen LogP) is 1.13. The maximum absolute atomic E-state index is 12.1. The van der Waals surface area contributed by atoms with E-state index < -0.39 is 0 Å². The number of carbonyl (C=O) groups is 1. The molecule has 0 radical (unpaired) electrons. The van der Waals surface area contributed by atoms with Crippen LogP contribution in [0.4, 0.5) is 5.69 Å². The molecule has 2 rings (SSSR count). The Morgan fingerprint density at radius 2 is 2.26 bits per heavy atom. The van der Waals surface area contributed by atoms with Gasteiger partial charge in [-0.15, -0.1) is 0 Å². The molecule has 3 N–H and O–H groups in total. The van der Waals surface area contributed by atoms with Crippen molar-refractivity contribution in [1.82, 2.24) is 20.5 Å². The lowest BCUT2D eigenvalue weighted by molar-refractivity contribution is 0.0954. The van der Waals surface area contributed by atoms with Crippen molar-refractivity contribution in [3.8, 4) is 0 Å². The summed E-state index contributed by atoms with van der Waals surface area (Å²) in [4.78, 5) is 16.1. The highest BCUT2D eigenvalue weighted by atomic mass is 16.1. The van der Waals surface area contributed by atoms with Crippen LogP contribution in [0.2, 0.25) is 0 Å². The lowest BCUT2D eigenvalue weighted by Gasteiger charge is -2.10. The SMILES string of the molecule is CNc1ccc(C)cc1C(=O)NCCc1ncn[nH]1. The van der Waals surface area contributed by atoms with Gasteiger partial charge in [0.2, 0.25) is 0 Å². The summed E-state index contributed by atoms with van der Waals surface area (Å²) in [6, 6.07) is 5.74. The van der Waals surface area contributed by atoms with Crippen molar-refractivity contribution in [3.05, 3.63) is 41.5 Å². The number of carbonyl (C=O) groups excluding carboxylic acids is 1. The average Bonchev–Trinajstić information content (AvgIpc) is 2.91. The summed E-state index contributed by atoms with van der Waals surface area (Å²) < 4.78 is 0. The van der Waals surface area contributed by atoms with Gasteiger partial charge in [0.25, 0.3) is 5.91 Å². The zero-order valence-corrected chi connectivity index (χ0v) is 11.0. The molecule has 6 nitrogen and oxygen atoms in total. The van der Waals surface area contributed by atoms with Crippen LogP contribution < -0.4 is 10.6 Å². The number of hydrogen-bond acceptors (Lipinski definition) is 4. The van der Waals surface area contributed by atoms with Crippen LogP contribution in [-0.4, -0.2) is 34.7 Å². The fraction of sp³-hybridized carbons (Fsp3) is 0.308. The van der Waals surface area contributed by atoms with Crippen LogP contribution in [0.25, 0.3) is 0 Å². The molecule has 0 aliphatic carbocycles. The Morgan fingerprint density at radius 1 is 1.42 bits per heavy atom. The lowest BCUT2D eigenvalue weighted by atomic mass is 10.1.